The fourth-order valence-electron chi connectivity index (χ4n) is 1.67. The van der Waals surface area contributed by atoms with Crippen LogP contribution < -0.4 is 5.32 Å². The SMILES string of the molecule is COC(=O)c1ccc(CNC(=O)C=Cc2ccco2)cc1. The average molecular weight is 285 g/mol. The molecular weight excluding hydrogens is 270 g/mol. The maximum absolute atomic E-state index is 11.6. The van der Waals surface area contributed by atoms with E-state index in [1.165, 1.54) is 13.2 Å². The fraction of sp³-hybridized carbons (Fsp3) is 0.125. The van der Waals surface area contributed by atoms with Crippen molar-refractivity contribution in [2.24, 2.45) is 0 Å². The van der Waals surface area contributed by atoms with Gasteiger partial charge in [0.15, 0.2) is 0 Å². The van der Waals surface area contributed by atoms with E-state index in [0.717, 1.165) is 5.56 Å². The van der Waals surface area contributed by atoms with Crippen molar-refractivity contribution in [3.05, 3.63) is 65.6 Å². The third-order valence-electron chi connectivity index (χ3n) is 2.78. The van der Waals surface area contributed by atoms with Gasteiger partial charge in [-0.2, -0.15) is 0 Å². The van der Waals surface area contributed by atoms with Crippen LogP contribution in [0, 0.1) is 0 Å². The van der Waals surface area contributed by atoms with Gasteiger partial charge in [-0.25, -0.2) is 4.79 Å². The quantitative estimate of drug-likeness (QED) is 0.676. The van der Waals surface area contributed by atoms with Crippen LogP contribution in [0.5, 0.6) is 0 Å². The third-order valence-corrected chi connectivity index (χ3v) is 2.78. The molecule has 0 saturated carbocycles. The molecule has 1 N–H and O–H groups in total. The van der Waals surface area contributed by atoms with E-state index < -0.39 is 0 Å². The second kappa shape index (κ2) is 7.09. The summed E-state index contributed by atoms with van der Waals surface area (Å²) < 4.78 is 9.70. The number of hydrogen-bond donors (Lipinski definition) is 1. The van der Waals surface area contributed by atoms with Crippen LogP contribution in [0.1, 0.15) is 21.7 Å². The number of amides is 1. The molecule has 0 unspecified atom stereocenters. The Kier molecular flexibility index (Phi) is 4.93. The molecule has 0 atom stereocenters. The van der Waals surface area contributed by atoms with Crippen LogP contribution in [-0.4, -0.2) is 19.0 Å². The van der Waals surface area contributed by atoms with Crippen molar-refractivity contribution in [2.45, 2.75) is 6.54 Å². The highest BCUT2D eigenvalue weighted by Gasteiger charge is 2.04. The largest absolute Gasteiger partial charge is 0.465 e. The smallest absolute Gasteiger partial charge is 0.337 e. The summed E-state index contributed by atoms with van der Waals surface area (Å²) in [6, 6.07) is 10.4. The van der Waals surface area contributed by atoms with Gasteiger partial charge in [0.1, 0.15) is 5.76 Å². The first-order valence-corrected chi connectivity index (χ1v) is 6.35. The molecule has 0 aliphatic carbocycles. The number of methoxy groups -OCH3 is 1. The molecule has 0 spiro atoms. The molecule has 1 heterocycles. The molecule has 1 amide bonds. The van der Waals surface area contributed by atoms with E-state index in [9.17, 15) is 9.59 Å². The fourth-order valence-corrected chi connectivity index (χ4v) is 1.67. The molecule has 5 heteroatoms. The van der Waals surface area contributed by atoms with Crippen molar-refractivity contribution in [3.8, 4) is 0 Å². The first-order valence-electron chi connectivity index (χ1n) is 6.35. The Balaban J connectivity index is 1.85. The van der Waals surface area contributed by atoms with Gasteiger partial charge in [-0.1, -0.05) is 12.1 Å². The summed E-state index contributed by atoms with van der Waals surface area (Å²) in [7, 11) is 1.34. The van der Waals surface area contributed by atoms with Gasteiger partial charge in [-0.3, -0.25) is 4.79 Å². The Hall–Kier alpha value is -2.82. The van der Waals surface area contributed by atoms with Gasteiger partial charge in [0.05, 0.1) is 18.9 Å². The molecule has 108 valence electrons. The monoisotopic (exact) mass is 285 g/mol. The number of carbonyl (C=O) groups is 2. The lowest BCUT2D eigenvalue weighted by Gasteiger charge is -2.04. The Bertz CT molecular complexity index is 627. The number of ether oxygens (including phenoxy) is 1. The van der Waals surface area contributed by atoms with E-state index in [2.05, 4.69) is 10.1 Å². The van der Waals surface area contributed by atoms with Crippen LogP contribution in [0.25, 0.3) is 6.08 Å². The van der Waals surface area contributed by atoms with Crippen LogP contribution in [0.4, 0.5) is 0 Å². The van der Waals surface area contributed by atoms with E-state index in [4.69, 9.17) is 4.42 Å². The Labute approximate surface area is 122 Å². The molecule has 0 bridgehead atoms. The number of nitrogens with one attached hydrogen (secondary N) is 1. The van der Waals surface area contributed by atoms with Crippen molar-refractivity contribution < 1.29 is 18.7 Å². The molecule has 1 aromatic carbocycles. The molecule has 0 saturated heterocycles. The summed E-state index contributed by atoms with van der Waals surface area (Å²) in [5, 5.41) is 2.74. The summed E-state index contributed by atoms with van der Waals surface area (Å²) in [5.74, 6) is 0.0167. The second-order valence-electron chi connectivity index (χ2n) is 4.26. The number of furan rings is 1. The molecule has 2 rings (SSSR count). The maximum atomic E-state index is 11.6. The minimum atomic E-state index is -0.382. The highest BCUT2D eigenvalue weighted by Crippen LogP contribution is 2.06. The van der Waals surface area contributed by atoms with Crippen LogP contribution in [-0.2, 0) is 16.1 Å². The minimum Gasteiger partial charge on any atom is -0.465 e. The predicted molar refractivity (Wildman–Crippen MR) is 77.4 cm³/mol. The number of benzene rings is 1. The van der Waals surface area contributed by atoms with E-state index in [1.807, 2.05) is 0 Å². The standard InChI is InChI=1S/C16H15NO4/c1-20-16(19)13-6-4-12(5-7-13)11-17-15(18)9-8-14-3-2-10-21-14/h2-10H,11H2,1H3,(H,17,18). The normalized spacial score (nSPS) is 10.5. The summed E-state index contributed by atoms with van der Waals surface area (Å²) in [6.07, 6.45) is 4.54. The Morgan fingerprint density at radius 2 is 2.00 bits per heavy atom. The summed E-state index contributed by atoms with van der Waals surface area (Å²) >= 11 is 0. The Morgan fingerprint density at radius 1 is 1.24 bits per heavy atom. The summed E-state index contributed by atoms with van der Waals surface area (Å²) in [6.45, 7) is 0.378. The molecule has 2 aromatic rings. The zero-order valence-corrected chi connectivity index (χ0v) is 11.5. The maximum Gasteiger partial charge on any atom is 0.337 e. The predicted octanol–water partition coefficient (Wildman–Crippen LogP) is 2.40. The third kappa shape index (κ3) is 4.35. The molecule has 1 aromatic heterocycles. The highest BCUT2D eigenvalue weighted by molar-refractivity contribution is 5.91. The lowest BCUT2D eigenvalue weighted by molar-refractivity contribution is -0.116. The van der Waals surface area contributed by atoms with Crippen LogP contribution in [0.3, 0.4) is 0 Å². The molecule has 0 radical (unpaired) electrons. The van der Waals surface area contributed by atoms with Gasteiger partial charge < -0.3 is 14.5 Å². The van der Waals surface area contributed by atoms with Gasteiger partial charge in [0.25, 0.3) is 0 Å². The second-order valence-corrected chi connectivity index (χ2v) is 4.26. The number of rotatable bonds is 5. The molecule has 0 aliphatic heterocycles. The van der Waals surface area contributed by atoms with Crippen LogP contribution in [0.2, 0.25) is 0 Å². The number of esters is 1. The topological polar surface area (TPSA) is 68.5 Å². The van der Waals surface area contributed by atoms with E-state index >= 15 is 0 Å². The summed E-state index contributed by atoms with van der Waals surface area (Å²) in [4.78, 5) is 22.9. The summed E-state index contributed by atoms with van der Waals surface area (Å²) in [5.41, 5.74) is 1.37. The lowest BCUT2D eigenvalue weighted by Crippen LogP contribution is -2.20. The lowest BCUT2D eigenvalue weighted by atomic mass is 10.1. The van der Waals surface area contributed by atoms with Crippen LogP contribution in [0.15, 0.2) is 53.2 Å². The van der Waals surface area contributed by atoms with Gasteiger partial charge in [-0.15, -0.1) is 0 Å². The first-order chi connectivity index (χ1) is 10.2. The average Bonchev–Trinajstić information content (AvgIpc) is 3.04. The van der Waals surface area contributed by atoms with Gasteiger partial charge in [-0.05, 0) is 35.9 Å². The highest BCUT2D eigenvalue weighted by atomic mass is 16.5. The van der Waals surface area contributed by atoms with Crippen molar-refractivity contribution in [1.82, 2.24) is 5.32 Å². The van der Waals surface area contributed by atoms with E-state index in [1.54, 1.807) is 48.7 Å². The molecule has 0 aliphatic rings. The van der Waals surface area contributed by atoms with Crippen molar-refractivity contribution in [3.63, 3.8) is 0 Å². The van der Waals surface area contributed by atoms with Crippen molar-refractivity contribution in [2.75, 3.05) is 7.11 Å². The van der Waals surface area contributed by atoms with Gasteiger partial charge in [0, 0.05) is 12.6 Å². The van der Waals surface area contributed by atoms with Gasteiger partial charge in [0.2, 0.25) is 5.91 Å². The molecule has 0 fully saturated rings. The number of hydrogen-bond acceptors (Lipinski definition) is 4. The first kappa shape index (κ1) is 14.6. The van der Waals surface area contributed by atoms with Crippen molar-refractivity contribution >= 4 is 18.0 Å². The molecular formula is C16H15NO4. The minimum absolute atomic E-state index is 0.219. The molecule has 5 nitrogen and oxygen atoms in total. The van der Waals surface area contributed by atoms with Gasteiger partial charge >= 0.3 is 5.97 Å². The number of carbonyl (C=O) groups excluding carboxylic acids is 2. The Morgan fingerprint density at radius 3 is 2.62 bits per heavy atom. The van der Waals surface area contributed by atoms with E-state index in [0.29, 0.717) is 17.9 Å². The zero-order valence-electron chi connectivity index (χ0n) is 11.5. The van der Waals surface area contributed by atoms with Crippen LogP contribution >= 0.6 is 0 Å². The van der Waals surface area contributed by atoms with E-state index in [-0.39, 0.29) is 11.9 Å². The van der Waals surface area contributed by atoms with Crippen molar-refractivity contribution in [1.29, 1.82) is 0 Å². The zero-order chi connectivity index (χ0) is 15.1. The molecule has 21 heavy (non-hydrogen) atoms.